The number of carbonyl (C=O) groups is 1. The molecule has 1 rings (SSSR count). The first kappa shape index (κ1) is 16.4. The Morgan fingerprint density at radius 3 is 2.32 bits per heavy atom. The fourth-order valence-corrected chi connectivity index (χ4v) is 2.94. The summed E-state index contributed by atoms with van der Waals surface area (Å²) in [6, 6.07) is 0. The summed E-state index contributed by atoms with van der Waals surface area (Å²) in [5.41, 5.74) is 5.76. The number of hydrogen-bond acceptors (Lipinski definition) is 3. The van der Waals surface area contributed by atoms with Crippen molar-refractivity contribution >= 4 is 5.91 Å². The fraction of sp³-hybridized carbons (Fsp3) is 0.933. The smallest absolute Gasteiger partial charge is 0.222 e. The van der Waals surface area contributed by atoms with E-state index in [-0.39, 0.29) is 12.0 Å². The van der Waals surface area contributed by atoms with E-state index in [1.54, 1.807) is 0 Å². The summed E-state index contributed by atoms with van der Waals surface area (Å²) in [6.45, 7) is 8.34. The van der Waals surface area contributed by atoms with E-state index in [1.807, 2.05) is 11.8 Å². The molecule has 0 aromatic rings. The third-order valence-corrected chi connectivity index (χ3v) is 4.18. The third kappa shape index (κ3) is 5.49. The summed E-state index contributed by atoms with van der Waals surface area (Å²) in [7, 11) is 0. The molecule has 1 fully saturated rings. The summed E-state index contributed by atoms with van der Waals surface area (Å²) in [6.07, 6.45) is 3.18. The number of piperidine rings is 1. The Morgan fingerprint density at radius 2 is 1.89 bits per heavy atom. The predicted molar refractivity (Wildman–Crippen MR) is 77.6 cm³/mol. The number of amides is 1. The average molecular weight is 270 g/mol. The van der Waals surface area contributed by atoms with E-state index in [2.05, 4.69) is 13.8 Å². The number of nitrogens with two attached hydrogens (primary N) is 1. The van der Waals surface area contributed by atoms with Crippen LogP contribution >= 0.6 is 0 Å². The number of nitrogens with zero attached hydrogens (tertiary/aromatic N) is 1. The zero-order valence-corrected chi connectivity index (χ0v) is 12.6. The third-order valence-electron chi connectivity index (χ3n) is 4.18. The minimum atomic E-state index is -0.255. The molecule has 0 spiro atoms. The van der Waals surface area contributed by atoms with Crippen molar-refractivity contribution in [1.29, 1.82) is 0 Å². The lowest BCUT2D eigenvalue weighted by Crippen LogP contribution is -2.41. The Balaban J connectivity index is 2.38. The molecule has 1 unspecified atom stereocenters. The van der Waals surface area contributed by atoms with E-state index in [0.717, 1.165) is 32.4 Å². The Morgan fingerprint density at radius 1 is 1.32 bits per heavy atom. The van der Waals surface area contributed by atoms with Gasteiger partial charge in [-0.3, -0.25) is 4.79 Å². The molecule has 2 atom stereocenters. The van der Waals surface area contributed by atoms with Crippen LogP contribution in [0.15, 0.2) is 0 Å². The predicted octanol–water partition coefficient (Wildman–Crippen LogP) is 1.62. The molecule has 0 aromatic carbocycles. The van der Waals surface area contributed by atoms with E-state index in [4.69, 9.17) is 5.73 Å². The van der Waals surface area contributed by atoms with Gasteiger partial charge in [-0.2, -0.15) is 0 Å². The summed E-state index contributed by atoms with van der Waals surface area (Å²) in [5, 5.41) is 9.56. The van der Waals surface area contributed by atoms with Gasteiger partial charge in [-0.25, -0.2) is 0 Å². The monoisotopic (exact) mass is 270 g/mol. The highest BCUT2D eigenvalue weighted by molar-refractivity contribution is 5.76. The van der Waals surface area contributed by atoms with Gasteiger partial charge in [-0.05, 0) is 50.5 Å². The SMILES string of the molecule is CC(C)C[C@H](CN)CC(=O)N1CCC(C(C)O)CC1. The maximum absolute atomic E-state index is 12.2. The maximum atomic E-state index is 12.2. The number of carbonyl (C=O) groups excluding carboxylic acids is 1. The van der Waals surface area contributed by atoms with Crippen LogP contribution in [0.25, 0.3) is 0 Å². The summed E-state index contributed by atoms with van der Waals surface area (Å²) >= 11 is 0. The second kappa shape index (κ2) is 7.85. The minimum Gasteiger partial charge on any atom is -0.393 e. The van der Waals surface area contributed by atoms with Crippen LogP contribution < -0.4 is 5.73 Å². The molecule has 0 bridgehead atoms. The highest BCUT2D eigenvalue weighted by atomic mass is 16.3. The highest BCUT2D eigenvalue weighted by Gasteiger charge is 2.26. The van der Waals surface area contributed by atoms with Crippen molar-refractivity contribution in [2.75, 3.05) is 19.6 Å². The Hall–Kier alpha value is -0.610. The van der Waals surface area contributed by atoms with Crippen molar-refractivity contribution in [2.45, 2.75) is 52.6 Å². The van der Waals surface area contributed by atoms with Crippen molar-refractivity contribution in [3.63, 3.8) is 0 Å². The van der Waals surface area contributed by atoms with Gasteiger partial charge in [-0.1, -0.05) is 13.8 Å². The second-order valence-electron chi connectivity index (χ2n) is 6.39. The van der Waals surface area contributed by atoms with Gasteiger partial charge in [0, 0.05) is 19.5 Å². The van der Waals surface area contributed by atoms with Crippen LogP contribution in [0.5, 0.6) is 0 Å². The maximum Gasteiger partial charge on any atom is 0.222 e. The van der Waals surface area contributed by atoms with E-state index >= 15 is 0 Å². The van der Waals surface area contributed by atoms with Gasteiger partial charge in [-0.15, -0.1) is 0 Å². The molecule has 19 heavy (non-hydrogen) atoms. The number of aliphatic hydroxyl groups is 1. The van der Waals surface area contributed by atoms with Crippen molar-refractivity contribution in [2.24, 2.45) is 23.5 Å². The van der Waals surface area contributed by atoms with Crippen molar-refractivity contribution in [3.05, 3.63) is 0 Å². The number of hydrogen-bond donors (Lipinski definition) is 2. The molecule has 0 radical (unpaired) electrons. The zero-order chi connectivity index (χ0) is 14.4. The molecule has 1 aliphatic heterocycles. The van der Waals surface area contributed by atoms with E-state index in [0.29, 0.717) is 30.7 Å². The van der Waals surface area contributed by atoms with Gasteiger partial charge in [0.1, 0.15) is 0 Å². The zero-order valence-electron chi connectivity index (χ0n) is 12.6. The quantitative estimate of drug-likeness (QED) is 0.770. The van der Waals surface area contributed by atoms with Gasteiger partial charge in [0.15, 0.2) is 0 Å². The van der Waals surface area contributed by atoms with Crippen molar-refractivity contribution < 1.29 is 9.90 Å². The molecule has 1 aliphatic rings. The van der Waals surface area contributed by atoms with E-state index < -0.39 is 0 Å². The summed E-state index contributed by atoms with van der Waals surface area (Å²) in [5.74, 6) is 1.48. The molecular weight excluding hydrogens is 240 g/mol. The molecule has 112 valence electrons. The molecule has 4 nitrogen and oxygen atoms in total. The molecule has 1 saturated heterocycles. The molecule has 0 aliphatic carbocycles. The Bertz CT molecular complexity index is 271. The summed E-state index contributed by atoms with van der Waals surface area (Å²) in [4.78, 5) is 14.2. The van der Waals surface area contributed by atoms with Gasteiger partial charge < -0.3 is 15.7 Å². The van der Waals surface area contributed by atoms with Crippen LogP contribution in [0.3, 0.4) is 0 Å². The van der Waals surface area contributed by atoms with Crippen LogP contribution in [-0.4, -0.2) is 41.7 Å². The van der Waals surface area contributed by atoms with Crippen LogP contribution in [0, 0.1) is 17.8 Å². The minimum absolute atomic E-state index is 0.236. The lowest BCUT2D eigenvalue weighted by atomic mass is 9.90. The van der Waals surface area contributed by atoms with Crippen LogP contribution in [-0.2, 0) is 4.79 Å². The highest BCUT2D eigenvalue weighted by Crippen LogP contribution is 2.22. The topological polar surface area (TPSA) is 66.6 Å². The van der Waals surface area contributed by atoms with Crippen LogP contribution in [0.1, 0.15) is 46.5 Å². The fourth-order valence-electron chi connectivity index (χ4n) is 2.94. The largest absolute Gasteiger partial charge is 0.393 e. The van der Waals surface area contributed by atoms with Gasteiger partial charge in [0.25, 0.3) is 0 Å². The second-order valence-corrected chi connectivity index (χ2v) is 6.39. The first-order valence-corrected chi connectivity index (χ1v) is 7.60. The van der Waals surface area contributed by atoms with Crippen molar-refractivity contribution in [1.82, 2.24) is 4.90 Å². The molecular formula is C15H30N2O2. The lowest BCUT2D eigenvalue weighted by Gasteiger charge is -2.34. The Kier molecular flexibility index (Phi) is 6.80. The molecule has 0 saturated carbocycles. The first-order chi connectivity index (χ1) is 8.93. The molecule has 1 heterocycles. The summed E-state index contributed by atoms with van der Waals surface area (Å²) < 4.78 is 0. The molecule has 4 heteroatoms. The van der Waals surface area contributed by atoms with E-state index in [9.17, 15) is 9.90 Å². The van der Waals surface area contributed by atoms with E-state index in [1.165, 1.54) is 0 Å². The number of likely N-dealkylation sites (tertiary alicyclic amines) is 1. The van der Waals surface area contributed by atoms with Gasteiger partial charge in [0.2, 0.25) is 5.91 Å². The van der Waals surface area contributed by atoms with Crippen LogP contribution in [0.2, 0.25) is 0 Å². The molecule has 1 amide bonds. The Labute approximate surface area is 117 Å². The number of aliphatic hydroxyl groups excluding tert-OH is 1. The average Bonchev–Trinajstić information content (AvgIpc) is 2.37. The van der Waals surface area contributed by atoms with Crippen molar-refractivity contribution in [3.8, 4) is 0 Å². The normalized spacial score (nSPS) is 20.6. The number of rotatable bonds is 6. The van der Waals surface area contributed by atoms with Gasteiger partial charge in [0.05, 0.1) is 6.10 Å². The molecule has 0 aromatic heterocycles. The first-order valence-electron chi connectivity index (χ1n) is 7.60. The van der Waals surface area contributed by atoms with Crippen LogP contribution in [0.4, 0.5) is 0 Å². The molecule has 3 N–H and O–H groups in total. The van der Waals surface area contributed by atoms with Gasteiger partial charge >= 0.3 is 0 Å². The standard InChI is InChI=1S/C15H30N2O2/c1-11(2)8-13(10-16)9-15(19)17-6-4-14(5-7-17)12(3)18/h11-14,18H,4-10,16H2,1-3H3/t12?,13-/m0/s1. The lowest BCUT2D eigenvalue weighted by molar-refractivity contribution is -0.134.